The molecule has 2 aliphatic rings. The van der Waals surface area contributed by atoms with E-state index in [1.807, 2.05) is 18.7 Å². The molecule has 1 saturated carbocycles. The summed E-state index contributed by atoms with van der Waals surface area (Å²) in [5.41, 5.74) is 0. The standard InChI is InChI=1S/C14H25N3O2/c1-10(2)15-14(19)17-8-6-12(7-9-17)16-13(18)11-4-3-5-11/h10-12H,3-9H2,1-2H3,(H,15,19)(H,16,18). The molecule has 1 heterocycles. The van der Waals surface area contributed by atoms with E-state index in [1.54, 1.807) is 0 Å². The summed E-state index contributed by atoms with van der Waals surface area (Å²) in [7, 11) is 0. The molecule has 1 saturated heterocycles. The fourth-order valence-corrected chi connectivity index (χ4v) is 2.55. The molecule has 5 heteroatoms. The van der Waals surface area contributed by atoms with Gasteiger partial charge in [0, 0.05) is 31.1 Å². The SMILES string of the molecule is CC(C)NC(=O)N1CCC(NC(=O)C2CCC2)CC1. The molecule has 2 fully saturated rings. The monoisotopic (exact) mass is 267 g/mol. The van der Waals surface area contributed by atoms with Gasteiger partial charge in [0.15, 0.2) is 0 Å². The van der Waals surface area contributed by atoms with Gasteiger partial charge in [0.25, 0.3) is 0 Å². The van der Waals surface area contributed by atoms with Crippen molar-refractivity contribution >= 4 is 11.9 Å². The topological polar surface area (TPSA) is 61.4 Å². The molecule has 0 aromatic carbocycles. The highest BCUT2D eigenvalue weighted by Gasteiger charge is 2.29. The summed E-state index contributed by atoms with van der Waals surface area (Å²) >= 11 is 0. The van der Waals surface area contributed by atoms with Crippen LogP contribution in [0.5, 0.6) is 0 Å². The fraction of sp³-hybridized carbons (Fsp3) is 0.857. The van der Waals surface area contributed by atoms with E-state index >= 15 is 0 Å². The van der Waals surface area contributed by atoms with Gasteiger partial charge in [-0.15, -0.1) is 0 Å². The Hall–Kier alpha value is -1.26. The largest absolute Gasteiger partial charge is 0.353 e. The van der Waals surface area contributed by atoms with Crippen molar-refractivity contribution in [3.05, 3.63) is 0 Å². The molecule has 1 aliphatic heterocycles. The second kappa shape index (κ2) is 6.26. The molecular formula is C14H25N3O2. The highest BCUT2D eigenvalue weighted by Crippen LogP contribution is 2.26. The van der Waals surface area contributed by atoms with Crippen molar-refractivity contribution < 1.29 is 9.59 Å². The molecule has 0 radical (unpaired) electrons. The molecular weight excluding hydrogens is 242 g/mol. The van der Waals surface area contributed by atoms with E-state index in [9.17, 15) is 9.59 Å². The summed E-state index contributed by atoms with van der Waals surface area (Å²) in [6.45, 7) is 5.38. The normalized spacial score (nSPS) is 21.1. The molecule has 0 bridgehead atoms. The Kier molecular flexibility index (Phi) is 4.66. The second-order valence-electron chi connectivity index (χ2n) is 6.00. The first-order valence-electron chi connectivity index (χ1n) is 7.42. The molecule has 0 unspecified atom stereocenters. The van der Waals surface area contributed by atoms with Crippen molar-refractivity contribution in [2.24, 2.45) is 5.92 Å². The zero-order valence-electron chi connectivity index (χ0n) is 11.9. The Bertz CT molecular complexity index is 332. The van der Waals surface area contributed by atoms with Gasteiger partial charge in [-0.1, -0.05) is 6.42 Å². The lowest BCUT2D eigenvalue weighted by atomic mass is 9.84. The predicted octanol–water partition coefficient (Wildman–Crippen LogP) is 1.49. The lowest BCUT2D eigenvalue weighted by Gasteiger charge is -2.34. The molecule has 0 spiro atoms. The minimum atomic E-state index is 0.0127. The molecule has 5 nitrogen and oxygen atoms in total. The fourth-order valence-electron chi connectivity index (χ4n) is 2.55. The summed E-state index contributed by atoms with van der Waals surface area (Å²) in [4.78, 5) is 25.5. The van der Waals surface area contributed by atoms with Crippen molar-refractivity contribution in [3.8, 4) is 0 Å². The van der Waals surface area contributed by atoms with Crippen LogP contribution in [-0.2, 0) is 4.79 Å². The lowest BCUT2D eigenvalue weighted by Crippen LogP contribution is -2.51. The van der Waals surface area contributed by atoms with E-state index in [2.05, 4.69) is 10.6 Å². The Morgan fingerprint density at radius 2 is 1.74 bits per heavy atom. The molecule has 0 atom stereocenters. The number of carbonyl (C=O) groups excluding carboxylic acids is 2. The van der Waals surface area contributed by atoms with E-state index in [0.29, 0.717) is 0 Å². The Morgan fingerprint density at radius 1 is 1.11 bits per heavy atom. The first kappa shape index (κ1) is 14.2. The molecule has 0 aromatic rings. The highest BCUT2D eigenvalue weighted by atomic mass is 16.2. The molecule has 1 aliphatic carbocycles. The Labute approximate surface area is 115 Å². The average Bonchev–Trinajstić information content (AvgIpc) is 2.26. The first-order chi connectivity index (χ1) is 9.06. The number of carbonyl (C=O) groups is 2. The average molecular weight is 267 g/mol. The lowest BCUT2D eigenvalue weighted by molar-refractivity contribution is -0.128. The van der Waals surface area contributed by atoms with Crippen molar-refractivity contribution in [1.82, 2.24) is 15.5 Å². The maximum atomic E-state index is 11.9. The van der Waals surface area contributed by atoms with Gasteiger partial charge in [-0.25, -0.2) is 4.79 Å². The van der Waals surface area contributed by atoms with Gasteiger partial charge in [-0.05, 0) is 39.5 Å². The van der Waals surface area contributed by atoms with E-state index in [-0.39, 0.29) is 29.9 Å². The third-order valence-electron chi connectivity index (χ3n) is 4.02. The third-order valence-corrected chi connectivity index (χ3v) is 4.02. The van der Waals surface area contributed by atoms with Crippen LogP contribution in [0.4, 0.5) is 4.79 Å². The van der Waals surface area contributed by atoms with Crippen LogP contribution < -0.4 is 10.6 Å². The van der Waals surface area contributed by atoms with E-state index in [0.717, 1.165) is 38.8 Å². The highest BCUT2D eigenvalue weighted by molar-refractivity contribution is 5.79. The summed E-state index contributed by atoms with van der Waals surface area (Å²) in [5, 5.41) is 6.03. The van der Waals surface area contributed by atoms with Crippen LogP contribution in [0.1, 0.15) is 46.0 Å². The summed E-state index contributed by atoms with van der Waals surface area (Å²) in [6.07, 6.45) is 5.00. The van der Waals surface area contributed by atoms with Gasteiger partial charge < -0.3 is 15.5 Å². The zero-order valence-corrected chi connectivity index (χ0v) is 11.9. The number of rotatable bonds is 3. The quantitative estimate of drug-likeness (QED) is 0.813. The summed E-state index contributed by atoms with van der Waals surface area (Å²) in [6, 6.07) is 0.429. The molecule has 0 aromatic heterocycles. The Morgan fingerprint density at radius 3 is 2.21 bits per heavy atom. The third kappa shape index (κ3) is 3.85. The van der Waals surface area contributed by atoms with Crippen LogP contribution in [0.25, 0.3) is 0 Å². The van der Waals surface area contributed by atoms with Crippen LogP contribution in [0.3, 0.4) is 0 Å². The number of hydrogen-bond donors (Lipinski definition) is 2. The van der Waals surface area contributed by atoms with Crippen molar-refractivity contribution in [3.63, 3.8) is 0 Å². The number of nitrogens with one attached hydrogen (secondary N) is 2. The summed E-state index contributed by atoms with van der Waals surface area (Å²) in [5.74, 6) is 0.471. The smallest absolute Gasteiger partial charge is 0.317 e. The number of hydrogen-bond acceptors (Lipinski definition) is 2. The number of piperidine rings is 1. The van der Waals surface area contributed by atoms with Crippen molar-refractivity contribution in [2.75, 3.05) is 13.1 Å². The molecule has 3 amide bonds. The number of amides is 3. The van der Waals surface area contributed by atoms with Gasteiger partial charge in [0.1, 0.15) is 0 Å². The number of urea groups is 1. The van der Waals surface area contributed by atoms with Crippen molar-refractivity contribution in [1.29, 1.82) is 0 Å². The molecule has 2 rings (SSSR count). The van der Waals surface area contributed by atoms with Crippen LogP contribution >= 0.6 is 0 Å². The maximum absolute atomic E-state index is 11.9. The minimum absolute atomic E-state index is 0.0127. The first-order valence-corrected chi connectivity index (χ1v) is 7.42. The van der Waals surface area contributed by atoms with Gasteiger partial charge in [0.05, 0.1) is 0 Å². The molecule has 19 heavy (non-hydrogen) atoms. The van der Waals surface area contributed by atoms with E-state index in [4.69, 9.17) is 0 Å². The molecule has 108 valence electrons. The predicted molar refractivity (Wildman–Crippen MR) is 73.7 cm³/mol. The van der Waals surface area contributed by atoms with Crippen molar-refractivity contribution in [2.45, 2.75) is 58.0 Å². The summed E-state index contributed by atoms with van der Waals surface area (Å²) < 4.78 is 0. The van der Waals surface area contributed by atoms with Crippen LogP contribution in [0.2, 0.25) is 0 Å². The van der Waals surface area contributed by atoms with Crippen LogP contribution in [0, 0.1) is 5.92 Å². The van der Waals surface area contributed by atoms with E-state index < -0.39 is 0 Å². The van der Waals surface area contributed by atoms with Crippen LogP contribution in [-0.4, -0.2) is 42.0 Å². The van der Waals surface area contributed by atoms with Crippen LogP contribution in [0.15, 0.2) is 0 Å². The minimum Gasteiger partial charge on any atom is -0.353 e. The van der Waals surface area contributed by atoms with Gasteiger partial charge in [0.2, 0.25) is 5.91 Å². The maximum Gasteiger partial charge on any atom is 0.317 e. The van der Waals surface area contributed by atoms with Gasteiger partial charge in [-0.2, -0.15) is 0 Å². The molecule has 2 N–H and O–H groups in total. The Balaban J connectivity index is 1.69. The van der Waals surface area contributed by atoms with Gasteiger partial charge in [-0.3, -0.25) is 4.79 Å². The second-order valence-corrected chi connectivity index (χ2v) is 6.00. The number of likely N-dealkylation sites (tertiary alicyclic amines) is 1. The number of nitrogens with zero attached hydrogens (tertiary/aromatic N) is 1. The zero-order chi connectivity index (χ0) is 13.8. The van der Waals surface area contributed by atoms with Gasteiger partial charge >= 0.3 is 6.03 Å². The van der Waals surface area contributed by atoms with E-state index in [1.165, 1.54) is 6.42 Å².